The predicted molar refractivity (Wildman–Crippen MR) is 90.1 cm³/mol. The predicted octanol–water partition coefficient (Wildman–Crippen LogP) is 6.45. The van der Waals surface area contributed by atoms with Crippen LogP contribution >= 0.6 is 0 Å². The molecular formula is C21H36. The molecule has 0 nitrogen and oxygen atoms in total. The fourth-order valence-electron chi connectivity index (χ4n) is 7.06. The Morgan fingerprint density at radius 3 is 2.00 bits per heavy atom. The second kappa shape index (κ2) is 5.57. The van der Waals surface area contributed by atoms with E-state index < -0.39 is 0 Å². The molecule has 6 atom stereocenters. The number of fused-ring (bicyclic) bond motifs is 4. The molecule has 4 fully saturated rings. The van der Waals surface area contributed by atoms with E-state index in [0.717, 1.165) is 35.5 Å². The van der Waals surface area contributed by atoms with Crippen LogP contribution in [0.25, 0.3) is 0 Å². The van der Waals surface area contributed by atoms with Crippen molar-refractivity contribution in [3.63, 3.8) is 0 Å². The van der Waals surface area contributed by atoms with E-state index in [4.69, 9.17) is 0 Å². The molecule has 0 aromatic carbocycles. The van der Waals surface area contributed by atoms with Crippen LogP contribution in [0.5, 0.6) is 0 Å². The molecule has 4 aliphatic carbocycles. The van der Waals surface area contributed by atoms with Crippen molar-refractivity contribution in [1.82, 2.24) is 0 Å². The van der Waals surface area contributed by atoms with Crippen LogP contribution in [0.2, 0.25) is 0 Å². The van der Waals surface area contributed by atoms with Gasteiger partial charge in [0.05, 0.1) is 0 Å². The molecule has 0 aromatic rings. The Balaban J connectivity index is 1.53. The van der Waals surface area contributed by atoms with Gasteiger partial charge in [0, 0.05) is 0 Å². The van der Waals surface area contributed by atoms with Crippen LogP contribution in [0, 0.1) is 40.9 Å². The Morgan fingerprint density at radius 1 is 0.619 bits per heavy atom. The average Bonchev–Trinajstić information content (AvgIpc) is 3.06. The summed E-state index contributed by atoms with van der Waals surface area (Å²) in [4.78, 5) is 0. The molecule has 0 aromatic heterocycles. The van der Waals surface area contributed by atoms with Crippen molar-refractivity contribution >= 4 is 0 Å². The summed E-state index contributed by atoms with van der Waals surface area (Å²) in [5.74, 6) is 6.57. The van der Waals surface area contributed by atoms with Crippen molar-refractivity contribution in [1.29, 1.82) is 0 Å². The van der Waals surface area contributed by atoms with Crippen molar-refractivity contribution < 1.29 is 0 Å². The highest BCUT2D eigenvalue weighted by Crippen LogP contribution is 2.55. The first-order valence-corrected chi connectivity index (χ1v) is 10.1. The topological polar surface area (TPSA) is 0 Å². The van der Waals surface area contributed by atoms with Crippen LogP contribution in [-0.2, 0) is 0 Å². The summed E-state index contributed by atoms with van der Waals surface area (Å²) < 4.78 is 0. The second-order valence-corrected chi connectivity index (χ2v) is 9.94. The molecule has 0 amide bonds. The summed E-state index contributed by atoms with van der Waals surface area (Å²) in [6, 6.07) is 0. The molecule has 0 heterocycles. The minimum Gasteiger partial charge on any atom is -0.0596 e. The summed E-state index contributed by atoms with van der Waals surface area (Å²) >= 11 is 0. The van der Waals surface area contributed by atoms with Gasteiger partial charge in [-0.2, -0.15) is 0 Å². The van der Waals surface area contributed by atoms with E-state index in [1.165, 1.54) is 0 Å². The van der Waals surface area contributed by atoms with Crippen LogP contribution in [0.3, 0.4) is 0 Å². The number of hydrogen-bond donors (Lipinski definition) is 0. The zero-order valence-corrected chi connectivity index (χ0v) is 14.4. The third-order valence-electron chi connectivity index (χ3n) is 8.32. The second-order valence-electron chi connectivity index (χ2n) is 9.94. The van der Waals surface area contributed by atoms with Gasteiger partial charge in [0.15, 0.2) is 0 Å². The highest BCUT2D eigenvalue weighted by atomic mass is 14.5. The maximum atomic E-state index is 2.62. The molecule has 4 aliphatic rings. The molecular weight excluding hydrogens is 252 g/mol. The maximum Gasteiger partial charge on any atom is -0.0323 e. The van der Waals surface area contributed by atoms with E-state index in [0.29, 0.717) is 5.41 Å². The maximum absolute atomic E-state index is 2.62. The Bertz CT molecular complexity index is 368. The summed E-state index contributed by atoms with van der Waals surface area (Å²) in [6.07, 6.45) is 18.8. The largest absolute Gasteiger partial charge is 0.0596 e. The normalized spacial score (nSPS) is 49.4. The summed E-state index contributed by atoms with van der Waals surface area (Å²) in [5.41, 5.74) is 0.625. The Labute approximate surface area is 132 Å². The van der Waals surface area contributed by atoms with Gasteiger partial charge in [0.2, 0.25) is 0 Å². The molecule has 0 radical (unpaired) electrons. The van der Waals surface area contributed by atoms with Crippen LogP contribution in [0.4, 0.5) is 0 Å². The quantitative estimate of drug-likeness (QED) is 0.481. The average molecular weight is 289 g/mol. The Hall–Kier alpha value is 0. The molecule has 0 spiro atoms. The molecule has 21 heavy (non-hydrogen) atoms. The van der Waals surface area contributed by atoms with Gasteiger partial charge in [0.1, 0.15) is 0 Å². The van der Waals surface area contributed by atoms with E-state index in [1.54, 1.807) is 77.0 Å². The molecule has 4 rings (SSSR count). The first kappa shape index (κ1) is 14.6. The third-order valence-corrected chi connectivity index (χ3v) is 8.32. The molecule has 0 aliphatic heterocycles. The molecule has 4 saturated carbocycles. The monoisotopic (exact) mass is 288 g/mol. The van der Waals surface area contributed by atoms with Crippen LogP contribution in [0.15, 0.2) is 0 Å². The highest BCUT2D eigenvalue weighted by Gasteiger charge is 2.44. The first-order valence-electron chi connectivity index (χ1n) is 10.1. The smallest absolute Gasteiger partial charge is 0.0323 e. The zero-order valence-electron chi connectivity index (χ0n) is 14.4. The SMILES string of the molecule is CC1(C)CC2CC3CCCC3C[C@H]2CCCC2CCC1C2. The van der Waals surface area contributed by atoms with Crippen molar-refractivity contribution in [2.45, 2.75) is 90.9 Å². The molecule has 0 heteroatoms. The van der Waals surface area contributed by atoms with Gasteiger partial charge in [-0.1, -0.05) is 58.8 Å². The lowest BCUT2D eigenvalue weighted by Crippen LogP contribution is -2.35. The lowest BCUT2D eigenvalue weighted by molar-refractivity contribution is 0.0571. The minimum absolute atomic E-state index is 0.625. The van der Waals surface area contributed by atoms with Gasteiger partial charge in [-0.15, -0.1) is 0 Å². The lowest BCUT2D eigenvalue weighted by atomic mass is 9.61. The summed E-state index contributed by atoms with van der Waals surface area (Å²) in [5, 5.41) is 0. The summed E-state index contributed by atoms with van der Waals surface area (Å²) in [6.45, 7) is 5.25. The van der Waals surface area contributed by atoms with Crippen molar-refractivity contribution in [3.8, 4) is 0 Å². The van der Waals surface area contributed by atoms with Gasteiger partial charge >= 0.3 is 0 Å². The van der Waals surface area contributed by atoms with E-state index in [9.17, 15) is 0 Å². The van der Waals surface area contributed by atoms with E-state index in [-0.39, 0.29) is 0 Å². The lowest BCUT2D eigenvalue weighted by Gasteiger charge is -2.44. The molecule has 5 unspecified atom stereocenters. The molecule has 2 bridgehead atoms. The van der Waals surface area contributed by atoms with Crippen molar-refractivity contribution in [3.05, 3.63) is 0 Å². The number of rotatable bonds is 0. The molecule has 0 saturated heterocycles. The van der Waals surface area contributed by atoms with E-state index in [1.807, 2.05) is 0 Å². The van der Waals surface area contributed by atoms with Crippen LogP contribution in [0.1, 0.15) is 90.9 Å². The molecule has 120 valence electrons. The Kier molecular flexibility index (Phi) is 3.87. The minimum atomic E-state index is 0.625. The van der Waals surface area contributed by atoms with Crippen molar-refractivity contribution in [2.75, 3.05) is 0 Å². The Morgan fingerprint density at radius 2 is 1.24 bits per heavy atom. The summed E-state index contributed by atoms with van der Waals surface area (Å²) in [7, 11) is 0. The van der Waals surface area contributed by atoms with Gasteiger partial charge < -0.3 is 0 Å². The van der Waals surface area contributed by atoms with E-state index in [2.05, 4.69) is 13.8 Å². The van der Waals surface area contributed by atoms with Gasteiger partial charge in [-0.3, -0.25) is 0 Å². The van der Waals surface area contributed by atoms with Gasteiger partial charge in [0.25, 0.3) is 0 Å². The van der Waals surface area contributed by atoms with Gasteiger partial charge in [-0.25, -0.2) is 0 Å². The third kappa shape index (κ3) is 2.81. The number of hydrogen-bond acceptors (Lipinski definition) is 0. The van der Waals surface area contributed by atoms with Crippen LogP contribution < -0.4 is 0 Å². The van der Waals surface area contributed by atoms with Crippen LogP contribution in [-0.4, -0.2) is 0 Å². The zero-order chi connectivity index (χ0) is 14.4. The fraction of sp³-hybridized carbons (Fsp3) is 1.00. The first-order chi connectivity index (χ1) is 10.1. The van der Waals surface area contributed by atoms with E-state index >= 15 is 0 Å². The molecule has 0 N–H and O–H groups in total. The standard InChI is InChI=1S/C21H36/c1-21(2)14-19-13-17-8-4-7-16(17)12-18(19)6-3-5-15-9-10-20(21)11-15/h15-20H,3-14H2,1-2H3/t15?,16?,17?,18-,19?,20?/m1/s1. The highest BCUT2D eigenvalue weighted by molar-refractivity contribution is 4.95. The van der Waals surface area contributed by atoms with Crippen molar-refractivity contribution in [2.24, 2.45) is 40.9 Å². The fourth-order valence-corrected chi connectivity index (χ4v) is 7.06. The van der Waals surface area contributed by atoms with Gasteiger partial charge in [-0.05, 0) is 73.0 Å².